The van der Waals surface area contributed by atoms with Crippen molar-refractivity contribution in [2.24, 2.45) is 0 Å². The molecule has 6 heteroatoms. The zero-order chi connectivity index (χ0) is 19.3. The summed E-state index contributed by atoms with van der Waals surface area (Å²) in [6, 6.07) is 17.9. The minimum absolute atomic E-state index is 0.0948. The molecule has 1 aromatic heterocycles. The molecule has 0 bridgehead atoms. The van der Waals surface area contributed by atoms with Crippen molar-refractivity contribution in [3.8, 4) is 11.5 Å². The lowest BCUT2D eigenvalue weighted by molar-refractivity contribution is -0.128. The lowest BCUT2D eigenvalue weighted by Crippen LogP contribution is -2.31. The van der Waals surface area contributed by atoms with Gasteiger partial charge in [0.1, 0.15) is 13.2 Å². The van der Waals surface area contributed by atoms with Gasteiger partial charge in [-0.3, -0.25) is 4.79 Å². The molecule has 4 rings (SSSR count). The minimum atomic E-state index is 0.0948. The van der Waals surface area contributed by atoms with Crippen LogP contribution >= 0.6 is 11.8 Å². The Labute approximate surface area is 168 Å². The summed E-state index contributed by atoms with van der Waals surface area (Å²) in [5, 5.41) is 1.97. The molecule has 1 amide bonds. The third kappa shape index (κ3) is 4.22. The highest BCUT2D eigenvalue weighted by molar-refractivity contribution is 7.99. The number of hydrogen-bond donors (Lipinski definition) is 0. The van der Waals surface area contributed by atoms with Gasteiger partial charge in [-0.25, -0.2) is 4.98 Å². The summed E-state index contributed by atoms with van der Waals surface area (Å²) >= 11 is 1.47. The Kier molecular flexibility index (Phi) is 5.67. The monoisotopic (exact) mass is 394 g/mol. The van der Waals surface area contributed by atoms with Crippen molar-refractivity contribution >= 4 is 28.6 Å². The van der Waals surface area contributed by atoms with Gasteiger partial charge in [0.05, 0.1) is 16.3 Å². The molecule has 0 aliphatic carbocycles. The van der Waals surface area contributed by atoms with Crippen molar-refractivity contribution in [1.82, 2.24) is 9.88 Å². The second-order valence-electron chi connectivity index (χ2n) is 6.52. The summed E-state index contributed by atoms with van der Waals surface area (Å²) in [5.41, 5.74) is 1.98. The van der Waals surface area contributed by atoms with E-state index in [2.05, 4.69) is 4.98 Å². The zero-order valence-electron chi connectivity index (χ0n) is 15.8. The fourth-order valence-corrected chi connectivity index (χ4v) is 3.92. The highest BCUT2D eigenvalue weighted by Gasteiger charge is 2.16. The molecule has 0 saturated carbocycles. The quantitative estimate of drug-likeness (QED) is 0.588. The van der Waals surface area contributed by atoms with Crippen LogP contribution in [0.4, 0.5) is 0 Å². The van der Waals surface area contributed by atoms with Gasteiger partial charge in [-0.2, -0.15) is 0 Å². The SMILES string of the molecule is CCN(Cc1ccc2c(c1)OCCO2)C(=O)CSc1ccc2ccccc2n1. The second-order valence-corrected chi connectivity index (χ2v) is 7.51. The molecular weight excluding hydrogens is 372 g/mol. The number of pyridine rings is 1. The molecule has 144 valence electrons. The van der Waals surface area contributed by atoms with Gasteiger partial charge in [-0.1, -0.05) is 42.1 Å². The van der Waals surface area contributed by atoms with Gasteiger partial charge in [-0.05, 0) is 36.8 Å². The van der Waals surface area contributed by atoms with E-state index in [1.165, 1.54) is 11.8 Å². The first-order chi connectivity index (χ1) is 13.7. The normalized spacial score (nSPS) is 12.8. The van der Waals surface area contributed by atoms with Crippen LogP contribution in [0.15, 0.2) is 59.6 Å². The van der Waals surface area contributed by atoms with Crippen LogP contribution in [-0.2, 0) is 11.3 Å². The largest absolute Gasteiger partial charge is 0.486 e. The van der Waals surface area contributed by atoms with Crippen LogP contribution < -0.4 is 9.47 Å². The highest BCUT2D eigenvalue weighted by atomic mass is 32.2. The number of nitrogens with zero attached hydrogens (tertiary/aromatic N) is 2. The Hall–Kier alpha value is -2.73. The number of rotatable bonds is 6. The molecular formula is C22H22N2O3S. The number of para-hydroxylation sites is 1. The van der Waals surface area contributed by atoms with Crippen molar-refractivity contribution in [2.75, 3.05) is 25.5 Å². The van der Waals surface area contributed by atoms with E-state index >= 15 is 0 Å². The van der Waals surface area contributed by atoms with Crippen molar-refractivity contribution in [3.05, 3.63) is 60.2 Å². The van der Waals surface area contributed by atoms with Crippen LogP contribution in [0.5, 0.6) is 11.5 Å². The van der Waals surface area contributed by atoms with E-state index in [9.17, 15) is 4.79 Å². The van der Waals surface area contributed by atoms with Crippen LogP contribution in [0.2, 0.25) is 0 Å². The maximum Gasteiger partial charge on any atom is 0.233 e. The number of thioether (sulfide) groups is 1. The van der Waals surface area contributed by atoms with E-state index in [1.54, 1.807) is 0 Å². The fourth-order valence-electron chi connectivity index (χ4n) is 3.14. The molecule has 2 heterocycles. The van der Waals surface area contributed by atoms with Gasteiger partial charge < -0.3 is 14.4 Å². The van der Waals surface area contributed by atoms with Crippen LogP contribution in [-0.4, -0.2) is 41.3 Å². The molecule has 0 spiro atoms. The topological polar surface area (TPSA) is 51.7 Å². The van der Waals surface area contributed by atoms with E-state index in [4.69, 9.17) is 9.47 Å². The zero-order valence-corrected chi connectivity index (χ0v) is 16.6. The summed E-state index contributed by atoms with van der Waals surface area (Å²) in [7, 11) is 0. The molecule has 0 N–H and O–H groups in total. The predicted molar refractivity (Wildman–Crippen MR) is 111 cm³/mol. The molecule has 0 saturated heterocycles. The number of carbonyl (C=O) groups is 1. The molecule has 28 heavy (non-hydrogen) atoms. The Morgan fingerprint density at radius 2 is 1.89 bits per heavy atom. The van der Waals surface area contributed by atoms with Crippen LogP contribution in [0.1, 0.15) is 12.5 Å². The van der Waals surface area contributed by atoms with Crippen LogP contribution in [0.3, 0.4) is 0 Å². The Bertz CT molecular complexity index is 992. The summed E-state index contributed by atoms with van der Waals surface area (Å²) in [4.78, 5) is 19.2. The summed E-state index contributed by atoms with van der Waals surface area (Å²) in [6.07, 6.45) is 0. The standard InChI is InChI=1S/C22H22N2O3S/c1-2-24(14-16-7-9-19-20(13-16)27-12-11-26-19)22(25)15-28-21-10-8-17-5-3-4-6-18(17)23-21/h3-10,13H,2,11-12,14-15H2,1H3. The number of hydrogen-bond acceptors (Lipinski definition) is 5. The number of aromatic nitrogens is 1. The van der Waals surface area contributed by atoms with Gasteiger partial charge in [0, 0.05) is 18.5 Å². The van der Waals surface area contributed by atoms with E-state index in [0.29, 0.717) is 32.1 Å². The molecule has 0 radical (unpaired) electrons. The summed E-state index contributed by atoms with van der Waals surface area (Å²) < 4.78 is 11.2. The summed E-state index contributed by atoms with van der Waals surface area (Å²) in [5.74, 6) is 1.98. The van der Waals surface area contributed by atoms with E-state index in [1.807, 2.05) is 66.4 Å². The molecule has 0 unspecified atom stereocenters. The van der Waals surface area contributed by atoms with Gasteiger partial charge in [0.25, 0.3) is 0 Å². The molecule has 2 aromatic carbocycles. The maximum atomic E-state index is 12.7. The van der Waals surface area contributed by atoms with Gasteiger partial charge in [-0.15, -0.1) is 0 Å². The van der Waals surface area contributed by atoms with Gasteiger partial charge in [0.2, 0.25) is 5.91 Å². The van der Waals surface area contributed by atoms with E-state index < -0.39 is 0 Å². The first-order valence-corrected chi connectivity index (χ1v) is 10.4. The lowest BCUT2D eigenvalue weighted by Gasteiger charge is -2.23. The number of benzene rings is 2. The first kappa shape index (κ1) is 18.6. The molecule has 3 aromatic rings. The fraction of sp³-hybridized carbons (Fsp3) is 0.273. The number of amides is 1. The first-order valence-electron chi connectivity index (χ1n) is 9.38. The smallest absolute Gasteiger partial charge is 0.233 e. The van der Waals surface area contributed by atoms with Crippen LogP contribution in [0, 0.1) is 0 Å². The number of fused-ring (bicyclic) bond motifs is 2. The van der Waals surface area contributed by atoms with E-state index in [0.717, 1.165) is 33.0 Å². The molecule has 0 atom stereocenters. The predicted octanol–water partition coefficient (Wildman–Crippen LogP) is 4.15. The van der Waals surface area contributed by atoms with Gasteiger partial charge in [0.15, 0.2) is 11.5 Å². The summed E-state index contributed by atoms with van der Waals surface area (Å²) in [6.45, 7) is 4.33. The van der Waals surface area contributed by atoms with Crippen molar-refractivity contribution < 1.29 is 14.3 Å². The van der Waals surface area contributed by atoms with Crippen molar-refractivity contribution in [1.29, 1.82) is 0 Å². The Morgan fingerprint density at radius 3 is 2.75 bits per heavy atom. The number of ether oxygens (including phenoxy) is 2. The third-order valence-electron chi connectivity index (χ3n) is 4.63. The molecule has 1 aliphatic heterocycles. The second kappa shape index (κ2) is 8.52. The molecule has 0 fully saturated rings. The van der Waals surface area contributed by atoms with Crippen LogP contribution in [0.25, 0.3) is 10.9 Å². The molecule has 5 nitrogen and oxygen atoms in total. The third-order valence-corrected chi connectivity index (χ3v) is 5.55. The van der Waals surface area contributed by atoms with Crippen molar-refractivity contribution in [3.63, 3.8) is 0 Å². The average molecular weight is 394 g/mol. The Morgan fingerprint density at radius 1 is 1.07 bits per heavy atom. The van der Waals surface area contributed by atoms with Gasteiger partial charge >= 0.3 is 0 Å². The van der Waals surface area contributed by atoms with Crippen molar-refractivity contribution in [2.45, 2.75) is 18.5 Å². The highest BCUT2D eigenvalue weighted by Crippen LogP contribution is 2.31. The Balaban J connectivity index is 1.39. The average Bonchev–Trinajstić information content (AvgIpc) is 2.75. The number of carbonyl (C=O) groups excluding carboxylic acids is 1. The lowest BCUT2D eigenvalue weighted by atomic mass is 10.2. The van der Waals surface area contributed by atoms with E-state index in [-0.39, 0.29) is 5.91 Å². The maximum absolute atomic E-state index is 12.7. The minimum Gasteiger partial charge on any atom is -0.486 e. The molecule has 1 aliphatic rings.